The number of aryl methyl sites for hydroxylation is 2. The van der Waals surface area contributed by atoms with Gasteiger partial charge in [0.2, 0.25) is 5.91 Å². The van der Waals surface area contributed by atoms with Gasteiger partial charge in [0.05, 0.1) is 23.2 Å². The highest BCUT2D eigenvalue weighted by molar-refractivity contribution is 5.95. The molecular formula is C21H21FN4O3. The molecule has 3 atom stereocenters. The summed E-state index contributed by atoms with van der Waals surface area (Å²) in [6, 6.07) is 5.10. The lowest BCUT2D eigenvalue weighted by Gasteiger charge is -2.13. The number of nitrogens with zero attached hydrogens (tertiary/aromatic N) is 3. The van der Waals surface area contributed by atoms with Crippen LogP contribution in [0.15, 0.2) is 35.4 Å². The smallest absolute Gasteiger partial charge is 0.258 e. The van der Waals surface area contributed by atoms with Crippen LogP contribution in [0.5, 0.6) is 0 Å². The van der Waals surface area contributed by atoms with Crippen molar-refractivity contribution < 1.29 is 14.3 Å². The van der Waals surface area contributed by atoms with Crippen molar-refractivity contribution >= 4 is 22.6 Å². The summed E-state index contributed by atoms with van der Waals surface area (Å²) in [4.78, 5) is 33.4. The Morgan fingerprint density at radius 3 is 2.62 bits per heavy atom. The maximum absolute atomic E-state index is 13.1. The number of rotatable bonds is 4. The molecule has 150 valence electrons. The summed E-state index contributed by atoms with van der Waals surface area (Å²) in [6.07, 6.45) is 1.62. The number of fused-ring (bicyclic) bond motifs is 1. The standard InChI is InChI=1S/C21H21FN4O3/c1-10-4-17(11(2)27)23-9-15(10)13-5-12-8-24-19(7-18(12)26(3)21(13)29)25-20(28)14-6-16(14)22/h4-5,7-9,11,14,16,27H,6H2,1-3H3,(H,24,25,28). The summed E-state index contributed by atoms with van der Waals surface area (Å²) >= 11 is 0. The Morgan fingerprint density at radius 2 is 2.00 bits per heavy atom. The molecule has 0 aromatic carbocycles. The molecule has 0 aliphatic heterocycles. The molecule has 1 aliphatic carbocycles. The van der Waals surface area contributed by atoms with E-state index in [2.05, 4.69) is 15.3 Å². The largest absolute Gasteiger partial charge is 0.387 e. The molecule has 3 unspecified atom stereocenters. The number of amides is 1. The first kappa shape index (κ1) is 19.2. The van der Waals surface area contributed by atoms with E-state index in [1.807, 2.05) is 6.92 Å². The number of alkyl halides is 1. The maximum atomic E-state index is 13.1. The highest BCUT2D eigenvalue weighted by Crippen LogP contribution is 2.34. The van der Waals surface area contributed by atoms with E-state index in [0.29, 0.717) is 27.7 Å². The van der Waals surface area contributed by atoms with E-state index >= 15 is 0 Å². The van der Waals surface area contributed by atoms with E-state index in [9.17, 15) is 19.1 Å². The number of halogens is 1. The van der Waals surface area contributed by atoms with Crippen molar-refractivity contribution in [3.63, 3.8) is 0 Å². The van der Waals surface area contributed by atoms with Crippen molar-refractivity contribution in [2.45, 2.75) is 32.5 Å². The molecule has 3 aromatic heterocycles. The summed E-state index contributed by atoms with van der Waals surface area (Å²) in [5.41, 5.74) is 2.90. The van der Waals surface area contributed by atoms with Crippen LogP contribution in [0.1, 0.15) is 30.7 Å². The molecule has 29 heavy (non-hydrogen) atoms. The number of carbonyl (C=O) groups excluding carboxylic acids is 1. The highest BCUT2D eigenvalue weighted by atomic mass is 19.1. The zero-order chi connectivity index (χ0) is 20.9. The third-order valence-electron chi connectivity index (χ3n) is 5.26. The van der Waals surface area contributed by atoms with Crippen molar-refractivity contribution in [1.82, 2.24) is 14.5 Å². The summed E-state index contributed by atoms with van der Waals surface area (Å²) in [5.74, 6) is -0.729. The van der Waals surface area contributed by atoms with Gasteiger partial charge in [0.15, 0.2) is 0 Å². The van der Waals surface area contributed by atoms with E-state index in [0.717, 1.165) is 5.56 Å². The van der Waals surface area contributed by atoms with Gasteiger partial charge in [-0.2, -0.15) is 0 Å². The molecule has 0 radical (unpaired) electrons. The van der Waals surface area contributed by atoms with Gasteiger partial charge < -0.3 is 15.0 Å². The molecular weight excluding hydrogens is 375 g/mol. The van der Waals surface area contributed by atoms with E-state index < -0.39 is 24.1 Å². The van der Waals surface area contributed by atoms with Crippen LogP contribution in [-0.2, 0) is 11.8 Å². The zero-order valence-electron chi connectivity index (χ0n) is 16.3. The van der Waals surface area contributed by atoms with Gasteiger partial charge in [-0.25, -0.2) is 9.37 Å². The minimum atomic E-state index is -1.08. The number of carbonyl (C=O) groups is 1. The molecule has 1 fully saturated rings. The normalized spacial score (nSPS) is 19.2. The Bertz CT molecular complexity index is 1190. The van der Waals surface area contributed by atoms with Crippen LogP contribution in [0.4, 0.5) is 10.2 Å². The van der Waals surface area contributed by atoms with Crippen LogP contribution in [-0.4, -0.2) is 31.7 Å². The van der Waals surface area contributed by atoms with E-state index in [1.165, 1.54) is 4.57 Å². The van der Waals surface area contributed by atoms with Gasteiger partial charge in [-0.05, 0) is 38.0 Å². The first-order chi connectivity index (χ1) is 13.8. The quantitative estimate of drug-likeness (QED) is 0.707. The molecule has 4 rings (SSSR count). The van der Waals surface area contributed by atoms with Gasteiger partial charge >= 0.3 is 0 Å². The third kappa shape index (κ3) is 3.51. The van der Waals surface area contributed by atoms with Crippen LogP contribution in [0.3, 0.4) is 0 Å². The fraction of sp³-hybridized carbons (Fsp3) is 0.333. The van der Waals surface area contributed by atoms with Gasteiger partial charge in [-0.15, -0.1) is 0 Å². The molecule has 0 spiro atoms. The predicted octanol–water partition coefficient (Wildman–Crippen LogP) is 2.65. The second-order valence-corrected chi connectivity index (χ2v) is 7.50. The number of aliphatic hydroxyl groups is 1. The second-order valence-electron chi connectivity index (χ2n) is 7.50. The lowest BCUT2D eigenvalue weighted by Crippen LogP contribution is -2.20. The number of pyridine rings is 3. The molecule has 8 heteroatoms. The van der Waals surface area contributed by atoms with Crippen molar-refractivity contribution in [3.05, 3.63) is 52.2 Å². The topological polar surface area (TPSA) is 97.1 Å². The zero-order valence-corrected chi connectivity index (χ0v) is 16.3. The summed E-state index contributed by atoms with van der Waals surface area (Å²) in [6.45, 7) is 3.49. The van der Waals surface area contributed by atoms with Crippen LogP contribution >= 0.6 is 0 Å². The van der Waals surface area contributed by atoms with Gasteiger partial charge in [-0.1, -0.05) is 0 Å². The maximum Gasteiger partial charge on any atom is 0.258 e. The first-order valence-electron chi connectivity index (χ1n) is 9.36. The van der Waals surface area contributed by atoms with Gasteiger partial charge in [0, 0.05) is 42.0 Å². The fourth-order valence-corrected chi connectivity index (χ4v) is 3.37. The van der Waals surface area contributed by atoms with Crippen molar-refractivity contribution in [2.75, 3.05) is 5.32 Å². The minimum Gasteiger partial charge on any atom is -0.387 e. The Labute approximate surface area is 166 Å². The predicted molar refractivity (Wildman–Crippen MR) is 107 cm³/mol. The average molecular weight is 396 g/mol. The minimum absolute atomic E-state index is 0.221. The van der Waals surface area contributed by atoms with E-state index in [-0.39, 0.29) is 17.8 Å². The Hall–Kier alpha value is -3.13. The molecule has 3 heterocycles. The first-order valence-corrected chi connectivity index (χ1v) is 9.36. The highest BCUT2D eigenvalue weighted by Gasteiger charge is 2.43. The number of nitrogens with one attached hydrogen (secondary N) is 1. The molecule has 7 nitrogen and oxygen atoms in total. The molecule has 3 aromatic rings. The average Bonchev–Trinajstić information content (AvgIpc) is 3.42. The third-order valence-corrected chi connectivity index (χ3v) is 5.26. The van der Waals surface area contributed by atoms with E-state index in [1.54, 1.807) is 44.6 Å². The Morgan fingerprint density at radius 1 is 1.28 bits per heavy atom. The van der Waals surface area contributed by atoms with Gasteiger partial charge in [0.25, 0.3) is 5.56 Å². The monoisotopic (exact) mass is 396 g/mol. The molecule has 0 saturated heterocycles. The molecule has 1 saturated carbocycles. The summed E-state index contributed by atoms with van der Waals surface area (Å²) in [5, 5.41) is 13.0. The van der Waals surface area contributed by atoms with Crippen LogP contribution < -0.4 is 10.9 Å². The lowest BCUT2D eigenvalue weighted by molar-refractivity contribution is -0.117. The lowest BCUT2D eigenvalue weighted by atomic mass is 10.0. The van der Waals surface area contributed by atoms with Crippen LogP contribution in [0.2, 0.25) is 0 Å². The van der Waals surface area contributed by atoms with Crippen molar-refractivity contribution in [3.8, 4) is 11.1 Å². The van der Waals surface area contributed by atoms with Crippen LogP contribution in [0, 0.1) is 12.8 Å². The SMILES string of the molecule is Cc1cc(C(C)O)ncc1-c1cc2cnc(NC(=O)C3CC3F)cc2n(C)c1=O. The number of aliphatic hydroxyl groups excluding tert-OH is 1. The van der Waals surface area contributed by atoms with Gasteiger partial charge in [0.1, 0.15) is 12.0 Å². The Kier molecular flexibility index (Phi) is 4.66. The van der Waals surface area contributed by atoms with Crippen molar-refractivity contribution in [2.24, 2.45) is 13.0 Å². The number of anilines is 1. The number of hydrogen-bond donors (Lipinski definition) is 2. The Balaban J connectivity index is 1.74. The van der Waals surface area contributed by atoms with Crippen LogP contribution in [0.25, 0.3) is 22.0 Å². The van der Waals surface area contributed by atoms with E-state index in [4.69, 9.17) is 0 Å². The van der Waals surface area contributed by atoms with Crippen molar-refractivity contribution in [1.29, 1.82) is 0 Å². The summed E-state index contributed by atoms with van der Waals surface area (Å²) < 4.78 is 14.5. The molecule has 0 bridgehead atoms. The molecule has 2 N–H and O–H groups in total. The second kappa shape index (κ2) is 7.04. The number of aromatic nitrogens is 3. The number of hydrogen-bond acceptors (Lipinski definition) is 5. The van der Waals surface area contributed by atoms with Gasteiger partial charge in [-0.3, -0.25) is 14.6 Å². The molecule has 1 aliphatic rings. The summed E-state index contributed by atoms with van der Waals surface area (Å²) in [7, 11) is 1.64. The fourth-order valence-electron chi connectivity index (χ4n) is 3.37. The molecule has 1 amide bonds.